The Balaban J connectivity index is 1.56. The average Bonchev–Trinajstić information content (AvgIpc) is 2.98. The largest absolute Gasteiger partial charge is 0.573 e. The van der Waals surface area contributed by atoms with Gasteiger partial charge in [0.2, 0.25) is 5.91 Å². The number of imide groups is 1. The van der Waals surface area contributed by atoms with Gasteiger partial charge in [0, 0.05) is 31.7 Å². The Labute approximate surface area is 257 Å². The van der Waals surface area contributed by atoms with Crippen molar-refractivity contribution in [3.8, 4) is 11.5 Å². The smallest absolute Gasteiger partial charge is 0.469 e. The number of ether oxygens (including phenoxy) is 2. The van der Waals surface area contributed by atoms with E-state index >= 15 is 0 Å². The molecule has 1 unspecified atom stereocenters. The number of rotatable bonds is 15. The predicted octanol–water partition coefficient (Wildman–Crippen LogP) is 5.69. The van der Waals surface area contributed by atoms with Crippen LogP contribution in [0.25, 0.3) is 0 Å². The molecule has 0 aliphatic carbocycles. The van der Waals surface area contributed by atoms with Gasteiger partial charge in [0.15, 0.2) is 6.23 Å². The molecule has 1 N–H and O–H groups in total. The van der Waals surface area contributed by atoms with Crippen LogP contribution >= 0.6 is 0 Å². The van der Waals surface area contributed by atoms with Crippen LogP contribution < -0.4 is 14.8 Å². The molecule has 0 spiro atoms. The van der Waals surface area contributed by atoms with E-state index in [9.17, 15) is 27.6 Å². The Bertz CT molecular complexity index is 1250. The summed E-state index contributed by atoms with van der Waals surface area (Å²) >= 11 is 0. The zero-order valence-electron chi connectivity index (χ0n) is 26.1. The Hall–Kier alpha value is -3.80. The highest BCUT2D eigenvalue weighted by atomic mass is 19.4. The van der Waals surface area contributed by atoms with Gasteiger partial charge in [0.1, 0.15) is 16.9 Å². The fourth-order valence-electron chi connectivity index (χ4n) is 5.20. The maximum atomic E-state index is 13.2. The van der Waals surface area contributed by atoms with Crippen molar-refractivity contribution in [3.63, 3.8) is 0 Å². The van der Waals surface area contributed by atoms with Crippen molar-refractivity contribution in [3.05, 3.63) is 59.7 Å². The summed E-state index contributed by atoms with van der Waals surface area (Å²) in [5.41, 5.74) is 0.538. The number of amides is 4. The summed E-state index contributed by atoms with van der Waals surface area (Å²) in [6.45, 7) is 7.98. The Morgan fingerprint density at radius 1 is 0.932 bits per heavy atom. The summed E-state index contributed by atoms with van der Waals surface area (Å²) in [4.78, 5) is 44.1. The highest BCUT2D eigenvalue weighted by Gasteiger charge is 2.62. The zero-order valence-corrected chi connectivity index (χ0v) is 26.1. The molecule has 2 aromatic carbocycles. The molecule has 1 fully saturated rings. The third-order valence-corrected chi connectivity index (χ3v) is 7.99. The van der Waals surface area contributed by atoms with Crippen LogP contribution in [0, 0.1) is 5.41 Å². The minimum absolute atomic E-state index is 0.0790. The van der Waals surface area contributed by atoms with Crippen molar-refractivity contribution in [2.24, 2.45) is 5.41 Å². The van der Waals surface area contributed by atoms with Crippen molar-refractivity contribution < 1.29 is 37.0 Å². The van der Waals surface area contributed by atoms with Crippen molar-refractivity contribution >= 4 is 17.8 Å². The lowest BCUT2D eigenvalue weighted by atomic mass is 9.72. The van der Waals surface area contributed by atoms with Crippen LogP contribution in [0.5, 0.6) is 11.5 Å². The normalized spacial score (nSPS) is 16.0. The molecule has 44 heavy (non-hydrogen) atoms. The number of benzene rings is 2. The number of alkyl halides is 3. The number of aryl methyl sites for hydroxylation is 1. The highest BCUT2D eigenvalue weighted by Crippen LogP contribution is 2.46. The molecule has 1 heterocycles. The molecule has 0 saturated carbocycles. The van der Waals surface area contributed by atoms with E-state index in [4.69, 9.17) is 4.74 Å². The van der Waals surface area contributed by atoms with E-state index in [-0.39, 0.29) is 17.6 Å². The lowest BCUT2D eigenvalue weighted by molar-refractivity contribution is -0.274. The first-order valence-electron chi connectivity index (χ1n) is 15.0. The van der Waals surface area contributed by atoms with E-state index in [1.54, 1.807) is 41.3 Å². The molecule has 0 bridgehead atoms. The molecule has 0 radical (unpaired) electrons. The van der Waals surface area contributed by atoms with Gasteiger partial charge >= 0.3 is 12.4 Å². The number of urea groups is 1. The van der Waals surface area contributed by atoms with Crippen LogP contribution in [0.2, 0.25) is 0 Å². The maximum absolute atomic E-state index is 13.2. The molecule has 1 aliphatic heterocycles. The summed E-state index contributed by atoms with van der Waals surface area (Å²) in [6, 6.07) is 11.9. The first-order valence-corrected chi connectivity index (χ1v) is 15.0. The van der Waals surface area contributed by atoms with Gasteiger partial charge in [0.05, 0.1) is 0 Å². The summed E-state index contributed by atoms with van der Waals surface area (Å²) in [7, 11) is 3.91. The van der Waals surface area contributed by atoms with Crippen molar-refractivity contribution in [2.45, 2.75) is 65.5 Å². The van der Waals surface area contributed by atoms with E-state index in [2.05, 4.69) is 10.1 Å². The molecular weight excluding hydrogens is 577 g/mol. The molecule has 1 atom stereocenters. The summed E-state index contributed by atoms with van der Waals surface area (Å²) in [5.74, 6) is -0.198. The number of halogens is 3. The van der Waals surface area contributed by atoms with Gasteiger partial charge < -0.3 is 24.6 Å². The number of nitrogens with zero attached hydrogens (tertiary/aromatic N) is 3. The number of likely N-dealkylation sites (tertiary alicyclic amines) is 1. The second kappa shape index (κ2) is 15.3. The van der Waals surface area contributed by atoms with Crippen LogP contribution in [0.15, 0.2) is 48.5 Å². The average molecular weight is 621 g/mol. The van der Waals surface area contributed by atoms with Crippen LogP contribution in [-0.4, -0.2) is 85.4 Å². The Morgan fingerprint density at radius 2 is 1.55 bits per heavy atom. The summed E-state index contributed by atoms with van der Waals surface area (Å²) < 4.78 is 47.1. The molecule has 1 saturated heterocycles. The van der Waals surface area contributed by atoms with Gasteiger partial charge in [-0.05, 0) is 95.1 Å². The summed E-state index contributed by atoms with van der Waals surface area (Å²) in [5, 5.41) is 2.79. The molecule has 4 amide bonds. The number of likely N-dealkylation sites (N-methyl/N-ethyl adjacent to an activating group) is 2. The molecule has 9 nitrogen and oxygen atoms in total. The highest BCUT2D eigenvalue weighted by molar-refractivity contribution is 6.03. The molecule has 3 rings (SSSR count). The van der Waals surface area contributed by atoms with Gasteiger partial charge in [-0.2, -0.15) is 0 Å². The number of β-lactam (4-membered cyclic amide) rings is 1. The van der Waals surface area contributed by atoms with Crippen LogP contribution in [0.4, 0.5) is 18.0 Å². The Morgan fingerprint density at radius 3 is 2.09 bits per heavy atom. The Kier molecular flexibility index (Phi) is 12.0. The minimum atomic E-state index is -4.73. The molecule has 2 aromatic rings. The quantitative estimate of drug-likeness (QED) is 0.203. The van der Waals surface area contributed by atoms with Crippen molar-refractivity contribution in [2.75, 3.05) is 40.3 Å². The van der Waals surface area contributed by atoms with Crippen molar-refractivity contribution in [1.82, 2.24) is 20.0 Å². The van der Waals surface area contributed by atoms with Gasteiger partial charge in [-0.1, -0.05) is 26.0 Å². The first kappa shape index (κ1) is 34.7. The SMILES string of the molecule is CCN(CCN(C)C)C(=O)c1ccc(OC2N(C(=O)NCCCCc3ccc(OC(F)(F)F)cc3)C(=O)C2(CC)CC)cc1. The summed E-state index contributed by atoms with van der Waals surface area (Å²) in [6.07, 6.45) is -2.65. The topological polar surface area (TPSA) is 91.4 Å². The van der Waals surface area contributed by atoms with E-state index < -0.39 is 24.0 Å². The van der Waals surface area contributed by atoms with Gasteiger partial charge in [0.25, 0.3) is 5.91 Å². The maximum Gasteiger partial charge on any atom is 0.573 e. The molecule has 1 aliphatic rings. The lowest BCUT2D eigenvalue weighted by Gasteiger charge is -2.53. The second-order valence-corrected chi connectivity index (χ2v) is 11.1. The van der Waals surface area contributed by atoms with E-state index in [0.29, 0.717) is 63.1 Å². The third-order valence-electron chi connectivity index (χ3n) is 7.99. The van der Waals surface area contributed by atoms with Gasteiger partial charge in [-0.3, -0.25) is 9.59 Å². The molecule has 0 aromatic heterocycles. The second-order valence-electron chi connectivity index (χ2n) is 11.1. The third kappa shape index (κ3) is 8.64. The molecule has 242 valence electrons. The van der Waals surface area contributed by atoms with Crippen LogP contribution in [-0.2, 0) is 11.2 Å². The van der Waals surface area contributed by atoms with Gasteiger partial charge in [-0.25, -0.2) is 9.69 Å². The van der Waals surface area contributed by atoms with Gasteiger partial charge in [-0.15, -0.1) is 13.2 Å². The zero-order chi connectivity index (χ0) is 32.5. The minimum Gasteiger partial charge on any atom is -0.469 e. The number of nitrogens with one attached hydrogen (secondary N) is 1. The lowest BCUT2D eigenvalue weighted by Crippen LogP contribution is -2.73. The number of hydrogen-bond acceptors (Lipinski definition) is 6. The fraction of sp³-hybridized carbons (Fsp3) is 0.531. The number of unbranched alkanes of at least 4 members (excludes halogenated alkanes) is 1. The first-order chi connectivity index (χ1) is 20.8. The van der Waals surface area contributed by atoms with Crippen LogP contribution in [0.1, 0.15) is 62.4 Å². The predicted molar refractivity (Wildman–Crippen MR) is 160 cm³/mol. The van der Waals surface area contributed by atoms with E-state index in [1.807, 2.05) is 39.8 Å². The standard InChI is InChI=1S/C32H43F3N4O5/c1-6-31(7-2)28(41)39(30(42)36-20-10-9-11-23-12-16-26(17-13-23)44-32(33,34)35)29(31)43-25-18-14-24(15-19-25)27(40)38(8-3)22-21-37(4)5/h12-19,29H,6-11,20-22H2,1-5H3,(H,36,42). The number of hydrogen-bond donors (Lipinski definition) is 1. The molecule has 12 heteroatoms. The fourth-order valence-corrected chi connectivity index (χ4v) is 5.20. The monoisotopic (exact) mass is 620 g/mol. The molecular formula is C32H43F3N4O5. The van der Waals surface area contributed by atoms with E-state index in [0.717, 1.165) is 17.0 Å². The van der Waals surface area contributed by atoms with Crippen molar-refractivity contribution in [1.29, 1.82) is 0 Å². The number of carbonyl (C=O) groups is 3. The van der Waals surface area contributed by atoms with Crippen LogP contribution in [0.3, 0.4) is 0 Å². The number of carbonyl (C=O) groups excluding carboxylic acids is 3. The van der Waals surface area contributed by atoms with E-state index in [1.165, 1.54) is 12.1 Å².